The fourth-order valence-corrected chi connectivity index (χ4v) is 6.14. The number of halogens is 1. The van der Waals surface area contributed by atoms with Crippen molar-refractivity contribution in [3.05, 3.63) is 72.1 Å². The molecule has 206 valence electrons. The van der Waals surface area contributed by atoms with Crippen molar-refractivity contribution in [2.45, 2.75) is 25.0 Å². The van der Waals surface area contributed by atoms with Crippen molar-refractivity contribution in [1.82, 2.24) is 29.6 Å². The van der Waals surface area contributed by atoms with Crippen LogP contribution in [0, 0.1) is 17.1 Å². The van der Waals surface area contributed by atoms with Crippen LogP contribution in [0.15, 0.2) is 55.1 Å². The molecule has 2 atom stereocenters. The van der Waals surface area contributed by atoms with Gasteiger partial charge in [-0.2, -0.15) is 10.4 Å². The number of ether oxygens (including phenoxy) is 1. The fourth-order valence-electron chi connectivity index (χ4n) is 6.14. The highest BCUT2D eigenvalue weighted by atomic mass is 19.1. The smallest absolute Gasteiger partial charge is 0.163 e. The molecule has 3 aliphatic rings. The summed E-state index contributed by atoms with van der Waals surface area (Å²) in [5.74, 6) is 0.581. The number of phenolic OH excluding ortho intramolecular Hbond substituents is 1. The van der Waals surface area contributed by atoms with Gasteiger partial charge in [0.2, 0.25) is 0 Å². The van der Waals surface area contributed by atoms with Gasteiger partial charge in [0, 0.05) is 91.1 Å². The van der Waals surface area contributed by atoms with Crippen LogP contribution in [0.2, 0.25) is 0 Å². The van der Waals surface area contributed by atoms with E-state index in [1.54, 1.807) is 17.1 Å². The predicted octanol–water partition coefficient (Wildman–Crippen LogP) is 4.21. The molecule has 0 amide bonds. The number of piperazine rings is 1. The summed E-state index contributed by atoms with van der Waals surface area (Å²) in [4.78, 5) is 17.2. The summed E-state index contributed by atoms with van der Waals surface area (Å²) in [5, 5.41) is 25.5. The zero-order valence-electron chi connectivity index (χ0n) is 22.5. The van der Waals surface area contributed by atoms with Gasteiger partial charge in [-0.15, -0.1) is 0 Å². The monoisotopic (exact) mass is 550 g/mol. The van der Waals surface area contributed by atoms with Gasteiger partial charge in [-0.1, -0.05) is 0 Å². The van der Waals surface area contributed by atoms with Crippen LogP contribution in [0.25, 0.3) is 33.4 Å². The Morgan fingerprint density at radius 2 is 1.95 bits per heavy atom. The van der Waals surface area contributed by atoms with Gasteiger partial charge in [-0.05, 0) is 30.7 Å². The number of fused-ring (bicyclic) bond motifs is 3. The third-order valence-electron chi connectivity index (χ3n) is 8.19. The molecule has 2 bridgehead atoms. The van der Waals surface area contributed by atoms with Gasteiger partial charge in [0.15, 0.2) is 11.5 Å². The second kappa shape index (κ2) is 9.60. The molecule has 3 fully saturated rings. The Morgan fingerprint density at radius 1 is 1.12 bits per heavy atom. The average Bonchev–Trinajstić information content (AvgIpc) is 3.63. The highest BCUT2D eigenvalue weighted by Gasteiger charge is 2.45. The molecule has 0 spiro atoms. The molecule has 10 nitrogen and oxygen atoms in total. The molecule has 2 unspecified atom stereocenters. The third kappa shape index (κ3) is 4.24. The molecular formula is C30H27FN8O2. The highest BCUT2D eigenvalue weighted by Crippen LogP contribution is 2.39. The molecule has 11 heteroatoms. The van der Waals surface area contributed by atoms with Crippen LogP contribution in [0.3, 0.4) is 0 Å². The maximum Gasteiger partial charge on any atom is 0.163 e. The molecule has 0 aliphatic carbocycles. The van der Waals surface area contributed by atoms with E-state index >= 15 is 0 Å². The molecule has 0 radical (unpaired) electrons. The van der Waals surface area contributed by atoms with E-state index in [9.17, 15) is 14.8 Å². The van der Waals surface area contributed by atoms with Gasteiger partial charge < -0.3 is 19.7 Å². The van der Waals surface area contributed by atoms with Crippen molar-refractivity contribution < 1.29 is 14.2 Å². The Hall–Kier alpha value is -4.95. The third-order valence-corrected chi connectivity index (χ3v) is 8.19. The van der Waals surface area contributed by atoms with Gasteiger partial charge in [0.05, 0.1) is 24.6 Å². The molecule has 1 aromatic carbocycles. The van der Waals surface area contributed by atoms with Crippen molar-refractivity contribution in [3.63, 3.8) is 0 Å². The van der Waals surface area contributed by atoms with E-state index in [1.165, 1.54) is 19.2 Å². The minimum absolute atomic E-state index is 0.00933. The summed E-state index contributed by atoms with van der Waals surface area (Å²) < 4.78 is 20.9. The molecule has 3 aliphatic heterocycles. The number of aryl methyl sites for hydroxylation is 1. The first-order valence-electron chi connectivity index (χ1n) is 13.3. The zero-order valence-corrected chi connectivity index (χ0v) is 22.5. The number of phenols is 1. The standard InChI is InChI=1S/C30H27FN8O2/c1-37-13-20(12-35-37)25-8-24-28(19(9-32)11-34-30(24)36-25)17-3-4-27(33-10-17)38-15-22-7-23(16-38)39(22)14-18-5-21(31)6-26(41-2)29(18)40/h3-6,8,10-13,22-23,40H,7,14-16H2,1-2H3,(H,34,36). The molecule has 5 aromatic rings. The first-order valence-corrected chi connectivity index (χ1v) is 13.3. The van der Waals surface area contributed by atoms with E-state index in [2.05, 4.69) is 30.9 Å². The van der Waals surface area contributed by atoms with E-state index in [-0.39, 0.29) is 23.6 Å². The molecule has 4 aromatic heterocycles. The number of nitrogens with zero attached hydrogens (tertiary/aromatic N) is 7. The number of pyridine rings is 2. The number of aromatic hydroxyl groups is 1. The van der Waals surface area contributed by atoms with Crippen LogP contribution >= 0.6 is 0 Å². The molecule has 0 saturated carbocycles. The van der Waals surface area contributed by atoms with Crippen molar-refractivity contribution in [3.8, 4) is 40.0 Å². The van der Waals surface area contributed by atoms with Crippen LogP contribution in [0.5, 0.6) is 11.5 Å². The molecule has 3 saturated heterocycles. The lowest BCUT2D eigenvalue weighted by atomic mass is 9.86. The molecule has 8 rings (SSSR count). The molecule has 7 heterocycles. The largest absolute Gasteiger partial charge is 0.504 e. The van der Waals surface area contributed by atoms with E-state index in [4.69, 9.17) is 9.72 Å². The number of hydrogen-bond donors (Lipinski definition) is 2. The number of nitrogens with one attached hydrogen (secondary N) is 1. The van der Waals surface area contributed by atoms with Gasteiger partial charge >= 0.3 is 0 Å². The number of benzene rings is 1. The Balaban J connectivity index is 1.12. The maximum atomic E-state index is 14.1. The number of anilines is 1. The lowest BCUT2D eigenvalue weighted by Gasteiger charge is -2.56. The molecular weight excluding hydrogens is 523 g/mol. The van der Waals surface area contributed by atoms with Crippen LogP contribution in [0.1, 0.15) is 17.5 Å². The Labute approximate surface area is 235 Å². The number of aromatic amines is 1. The van der Waals surface area contributed by atoms with E-state index in [0.29, 0.717) is 23.3 Å². The van der Waals surface area contributed by atoms with Crippen LogP contribution in [-0.4, -0.2) is 67.0 Å². The zero-order chi connectivity index (χ0) is 28.2. The molecule has 41 heavy (non-hydrogen) atoms. The minimum atomic E-state index is -0.426. The van der Waals surface area contributed by atoms with Gasteiger partial charge in [-0.25, -0.2) is 14.4 Å². The Kier molecular flexibility index (Phi) is 5.87. The van der Waals surface area contributed by atoms with Crippen LogP contribution in [-0.2, 0) is 13.6 Å². The van der Waals surface area contributed by atoms with E-state index in [1.807, 2.05) is 37.6 Å². The number of H-pyrrole nitrogens is 1. The maximum absolute atomic E-state index is 14.1. The number of nitriles is 1. The number of hydrogen-bond acceptors (Lipinski definition) is 8. The topological polar surface area (TPSA) is 119 Å². The first kappa shape index (κ1) is 25.0. The summed E-state index contributed by atoms with van der Waals surface area (Å²) in [7, 11) is 3.29. The fraction of sp³-hybridized carbons (Fsp3) is 0.267. The first-order chi connectivity index (χ1) is 19.9. The summed E-state index contributed by atoms with van der Waals surface area (Å²) in [6.45, 7) is 2.03. The van der Waals surface area contributed by atoms with Gasteiger partial charge in [0.25, 0.3) is 0 Å². The number of piperidine rings is 1. The summed E-state index contributed by atoms with van der Waals surface area (Å²) in [5.41, 5.74) is 5.16. The second-order valence-corrected chi connectivity index (χ2v) is 10.6. The lowest BCUT2D eigenvalue weighted by Crippen LogP contribution is -2.68. The van der Waals surface area contributed by atoms with Crippen molar-refractivity contribution in [2.24, 2.45) is 7.05 Å². The molecule has 2 N–H and O–H groups in total. The Bertz CT molecular complexity index is 1810. The number of methoxy groups -OCH3 is 1. The van der Waals surface area contributed by atoms with Gasteiger partial charge in [-0.3, -0.25) is 9.58 Å². The number of rotatable bonds is 6. The van der Waals surface area contributed by atoms with Crippen molar-refractivity contribution >= 4 is 16.9 Å². The van der Waals surface area contributed by atoms with E-state index in [0.717, 1.165) is 53.1 Å². The summed E-state index contributed by atoms with van der Waals surface area (Å²) in [6, 6.07) is 11.4. The van der Waals surface area contributed by atoms with Crippen LogP contribution in [0.4, 0.5) is 10.2 Å². The quantitative estimate of drug-likeness (QED) is 0.323. The van der Waals surface area contributed by atoms with E-state index < -0.39 is 5.82 Å². The Morgan fingerprint density at radius 3 is 2.63 bits per heavy atom. The summed E-state index contributed by atoms with van der Waals surface area (Å²) in [6.07, 6.45) is 8.17. The second-order valence-electron chi connectivity index (χ2n) is 10.6. The normalized spacial score (nSPS) is 18.3. The average molecular weight is 551 g/mol. The minimum Gasteiger partial charge on any atom is -0.504 e. The SMILES string of the molecule is COc1cc(F)cc(CN2C3CC2CN(c2ccc(-c4c(C#N)cnc5[nH]c(-c6cnn(C)c6)cc45)cn2)C3)c1O. The number of aromatic nitrogens is 5. The highest BCUT2D eigenvalue weighted by molar-refractivity contribution is 5.98. The lowest BCUT2D eigenvalue weighted by molar-refractivity contribution is -0.00928. The van der Waals surface area contributed by atoms with Crippen LogP contribution < -0.4 is 9.64 Å². The van der Waals surface area contributed by atoms with Crippen molar-refractivity contribution in [2.75, 3.05) is 25.1 Å². The van der Waals surface area contributed by atoms with Crippen molar-refractivity contribution in [1.29, 1.82) is 5.26 Å². The summed E-state index contributed by atoms with van der Waals surface area (Å²) >= 11 is 0. The predicted molar refractivity (Wildman–Crippen MR) is 151 cm³/mol. The van der Waals surface area contributed by atoms with Gasteiger partial charge in [0.1, 0.15) is 23.4 Å².